The lowest BCUT2D eigenvalue weighted by Crippen LogP contribution is -2.32. The molecule has 3 aliphatic heterocycles. The lowest BCUT2D eigenvalue weighted by molar-refractivity contribution is -0.197. The van der Waals surface area contributed by atoms with E-state index >= 15 is 0 Å². The Balaban J connectivity index is 1.59. The molecule has 1 atom stereocenters. The van der Waals surface area contributed by atoms with Crippen LogP contribution in [-0.2, 0) is 50.3 Å². The van der Waals surface area contributed by atoms with Gasteiger partial charge in [-0.25, -0.2) is 9.37 Å². The van der Waals surface area contributed by atoms with Crippen molar-refractivity contribution in [2.75, 3.05) is 30.3 Å². The summed E-state index contributed by atoms with van der Waals surface area (Å²) in [6, 6.07) is 12.3. The van der Waals surface area contributed by atoms with Crippen molar-refractivity contribution in [3.05, 3.63) is 82.6 Å². The van der Waals surface area contributed by atoms with Crippen LogP contribution >= 0.6 is 0 Å². The largest absolute Gasteiger partial charge is 0.456 e. The minimum atomic E-state index is -4.63. The van der Waals surface area contributed by atoms with E-state index in [1.807, 2.05) is 30.0 Å². The maximum Gasteiger partial charge on any atom is 0.333 e. The Morgan fingerprint density at radius 2 is 1.66 bits per heavy atom. The highest BCUT2D eigenvalue weighted by Gasteiger charge is 2.44. The number of benzene rings is 2. The van der Waals surface area contributed by atoms with E-state index in [4.69, 9.17) is 9.25 Å². The molecular formula is C40H50N3O11S2+. The highest BCUT2D eigenvalue weighted by Crippen LogP contribution is 2.51. The number of carbonyl (C=O) groups excluding carboxylic acids is 3. The first-order valence-electron chi connectivity index (χ1n) is 18.6. The molecule has 0 radical (unpaired) electrons. The van der Waals surface area contributed by atoms with E-state index in [0.29, 0.717) is 33.5 Å². The second-order valence-corrected chi connectivity index (χ2v) is 18.2. The van der Waals surface area contributed by atoms with Gasteiger partial charge >= 0.3 is 5.97 Å². The molecule has 0 aromatic heterocycles. The summed E-state index contributed by atoms with van der Waals surface area (Å²) >= 11 is 0. The van der Waals surface area contributed by atoms with Crippen LogP contribution in [0.5, 0.6) is 0 Å². The molecule has 0 bridgehead atoms. The van der Waals surface area contributed by atoms with Crippen molar-refractivity contribution in [2.45, 2.75) is 95.8 Å². The number of fused-ring (bicyclic) bond motifs is 2. The maximum absolute atomic E-state index is 12.8. The molecular weight excluding hydrogens is 763 g/mol. The Bertz CT molecular complexity index is 2330. The van der Waals surface area contributed by atoms with Crippen molar-refractivity contribution in [1.29, 1.82) is 0 Å². The highest BCUT2D eigenvalue weighted by atomic mass is 32.2. The van der Waals surface area contributed by atoms with Gasteiger partial charge in [0.25, 0.3) is 32.1 Å². The lowest BCUT2D eigenvalue weighted by Gasteiger charge is -2.30. The molecule has 1 aromatic rings. The normalized spacial score (nSPS) is 18.5. The molecule has 1 unspecified atom stereocenters. The molecule has 5 rings (SSSR count). The zero-order valence-electron chi connectivity index (χ0n) is 32.6. The van der Waals surface area contributed by atoms with Gasteiger partial charge in [-0.1, -0.05) is 26.8 Å². The van der Waals surface area contributed by atoms with E-state index in [2.05, 4.69) is 51.3 Å². The number of hydroxylamine groups is 2. The number of hydrogen-bond donors (Lipinski definition) is 2. The number of anilines is 1. The van der Waals surface area contributed by atoms with Gasteiger partial charge in [-0.2, -0.15) is 16.8 Å². The van der Waals surface area contributed by atoms with Gasteiger partial charge in [-0.15, -0.1) is 5.06 Å². The van der Waals surface area contributed by atoms with E-state index in [0.717, 1.165) is 29.6 Å². The molecule has 14 nitrogen and oxygen atoms in total. The quantitative estimate of drug-likeness (QED) is 0.119. The first-order valence-corrected chi connectivity index (χ1v) is 21.7. The molecule has 0 saturated carbocycles. The van der Waals surface area contributed by atoms with Gasteiger partial charge in [-0.3, -0.25) is 18.7 Å². The standard InChI is InChI=1S/C40H49N3O11S2/c1-7-41(8-2)27-15-17-30-31(39(3,4)5)25-28(53-34(30)24-27)12-9-13-35-40(6,21-10-14-38(46)54-43-36(44)19-20-37(43)45)32-26-29(56(50,51)52)16-18-33(32)42(35)22-11-23-55(47,48)49/h9,12-13,15-18,24-26H,7-8,10-11,14,19-23H2,1-6H3,(H-,47,48,49,50,51,52)/p+1. The monoisotopic (exact) mass is 812 g/mol. The molecule has 302 valence electrons. The average Bonchev–Trinajstić information content (AvgIpc) is 3.54. The molecule has 1 fully saturated rings. The topological polar surface area (TPSA) is 192 Å². The molecule has 2 amide bonds. The molecule has 1 saturated heterocycles. The SMILES string of the molecule is CC[N+](CC)=c1ccc2c(C(C)(C)C)cc(C=CC=C3N(CCCS(=O)(=O)O)c4ccc(S(=O)(=O)O)cc4C3(C)CCCC(=O)ON3C(=O)CCC3=O)oc-2c1. The second-order valence-electron chi connectivity index (χ2n) is 15.3. The fourth-order valence-electron chi connectivity index (χ4n) is 7.41. The number of nitrogens with zero attached hydrogens (tertiary/aromatic N) is 3. The number of carbonyl (C=O) groups is 3. The van der Waals surface area contributed by atoms with E-state index in [1.165, 1.54) is 18.2 Å². The van der Waals surface area contributed by atoms with Gasteiger partial charge in [0.2, 0.25) is 5.36 Å². The van der Waals surface area contributed by atoms with Crippen LogP contribution in [0.1, 0.15) is 97.0 Å². The molecule has 1 aromatic carbocycles. The van der Waals surface area contributed by atoms with E-state index < -0.39 is 49.2 Å². The highest BCUT2D eigenvalue weighted by molar-refractivity contribution is 7.86. The number of imide groups is 1. The molecule has 1 aliphatic carbocycles. The van der Waals surface area contributed by atoms with Crippen LogP contribution in [0.2, 0.25) is 0 Å². The molecule has 4 aliphatic rings. The lowest BCUT2D eigenvalue weighted by atomic mass is 9.77. The average molecular weight is 813 g/mol. The summed E-state index contributed by atoms with van der Waals surface area (Å²) in [5.41, 5.74) is 2.46. The minimum absolute atomic E-state index is 0.0174. The summed E-state index contributed by atoms with van der Waals surface area (Å²) in [5.74, 6) is -1.26. The van der Waals surface area contributed by atoms with Gasteiger partial charge in [0, 0.05) is 54.2 Å². The smallest absolute Gasteiger partial charge is 0.333 e. The van der Waals surface area contributed by atoms with Crippen molar-refractivity contribution < 1.29 is 49.6 Å². The Morgan fingerprint density at radius 3 is 2.27 bits per heavy atom. The zero-order valence-corrected chi connectivity index (χ0v) is 34.2. The molecule has 3 heterocycles. The van der Waals surface area contributed by atoms with Crippen LogP contribution in [0.15, 0.2) is 69.6 Å². The molecule has 16 heteroatoms. The summed E-state index contributed by atoms with van der Waals surface area (Å²) in [6.45, 7) is 14.2. The number of hydrogen-bond acceptors (Lipinski definition) is 10. The van der Waals surface area contributed by atoms with Crippen LogP contribution in [-0.4, -0.2) is 74.2 Å². The Hall–Kier alpha value is -4.64. The van der Waals surface area contributed by atoms with Crippen LogP contribution in [0.3, 0.4) is 0 Å². The van der Waals surface area contributed by atoms with Gasteiger partial charge in [0.05, 0.1) is 16.7 Å². The summed E-state index contributed by atoms with van der Waals surface area (Å²) < 4.78 is 76.2. The van der Waals surface area contributed by atoms with Crippen molar-refractivity contribution in [3.63, 3.8) is 0 Å². The zero-order chi connectivity index (χ0) is 41.2. The van der Waals surface area contributed by atoms with Gasteiger partial charge < -0.3 is 14.2 Å². The minimum Gasteiger partial charge on any atom is -0.456 e. The van der Waals surface area contributed by atoms with Crippen molar-refractivity contribution in [1.82, 2.24) is 9.64 Å². The number of rotatable bonds is 14. The van der Waals surface area contributed by atoms with Crippen LogP contribution in [0, 0.1) is 0 Å². The predicted molar refractivity (Wildman–Crippen MR) is 211 cm³/mol. The number of amides is 2. The Morgan fingerprint density at radius 1 is 0.982 bits per heavy atom. The van der Waals surface area contributed by atoms with E-state index in [1.54, 1.807) is 12.2 Å². The van der Waals surface area contributed by atoms with Crippen LogP contribution in [0.4, 0.5) is 5.69 Å². The molecule has 2 N–H and O–H groups in total. The summed E-state index contributed by atoms with van der Waals surface area (Å²) in [5, 5.41) is 1.51. The Kier molecular flexibility index (Phi) is 12.5. The van der Waals surface area contributed by atoms with Crippen molar-refractivity contribution in [3.8, 4) is 11.3 Å². The maximum atomic E-state index is 12.8. The van der Waals surface area contributed by atoms with Crippen LogP contribution in [0.25, 0.3) is 17.4 Å². The third-order valence-corrected chi connectivity index (χ3v) is 11.9. The summed E-state index contributed by atoms with van der Waals surface area (Å²) in [4.78, 5) is 43.3. The van der Waals surface area contributed by atoms with Gasteiger partial charge in [0.15, 0.2) is 0 Å². The summed E-state index contributed by atoms with van der Waals surface area (Å²) in [7, 11) is -8.92. The van der Waals surface area contributed by atoms with Gasteiger partial charge in [0.1, 0.15) is 24.6 Å². The first kappa shape index (κ1) is 42.5. The first-order chi connectivity index (χ1) is 26.2. The fraction of sp³-hybridized carbons (Fsp3) is 0.450. The third kappa shape index (κ3) is 9.48. The Labute approximate surface area is 327 Å². The van der Waals surface area contributed by atoms with Gasteiger partial charge in [-0.05, 0) is 99.1 Å². The van der Waals surface area contributed by atoms with E-state index in [9.17, 15) is 40.3 Å². The third-order valence-electron chi connectivity index (χ3n) is 10.3. The van der Waals surface area contributed by atoms with E-state index in [-0.39, 0.29) is 55.4 Å². The van der Waals surface area contributed by atoms with Crippen molar-refractivity contribution in [2.24, 2.45) is 0 Å². The predicted octanol–water partition coefficient (Wildman–Crippen LogP) is 5.47. The van der Waals surface area contributed by atoms with Crippen molar-refractivity contribution >= 4 is 49.8 Å². The summed E-state index contributed by atoms with van der Waals surface area (Å²) in [6.07, 6.45) is 5.52. The molecule has 56 heavy (non-hydrogen) atoms. The van der Waals surface area contributed by atoms with Crippen LogP contribution < -0.4 is 14.8 Å². The second kappa shape index (κ2) is 16.5. The molecule has 0 spiro atoms. The fourth-order valence-corrected chi connectivity index (χ4v) is 8.41. The number of allylic oxidation sites excluding steroid dienone is 3.